The van der Waals surface area contributed by atoms with Crippen molar-refractivity contribution in [3.8, 4) is 0 Å². The van der Waals surface area contributed by atoms with E-state index in [1.165, 1.54) is 0 Å². The van der Waals surface area contributed by atoms with E-state index in [1.54, 1.807) is 12.1 Å². The number of hydrogen-bond donors (Lipinski definition) is 1. The zero-order valence-corrected chi connectivity index (χ0v) is 11.2. The molecule has 0 radical (unpaired) electrons. The van der Waals surface area contributed by atoms with Crippen LogP contribution in [0.25, 0.3) is 0 Å². The number of piperazine rings is 1. The fourth-order valence-corrected chi connectivity index (χ4v) is 2.52. The molecule has 0 spiro atoms. The second-order valence-corrected chi connectivity index (χ2v) is 4.97. The van der Waals surface area contributed by atoms with Crippen molar-refractivity contribution in [2.24, 2.45) is 5.73 Å². The summed E-state index contributed by atoms with van der Waals surface area (Å²) in [6, 6.07) is 5.93. The summed E-state index contributed by atoms with van der Waals surface area (Å²) in [5, 5.41) is 0. The minimum atomic E-state index is -0.193. The third kappa shape index (κ3) is 2.65. The first-order valence-electron chi connectivity index (χ1n) is 6.59. The van der Waals surface area contributed by atoms with Gasteiger partial charge in [0.1, 0.15) is 5.82 Å². The van der Waals surface area contributed by atoms with Crippen LogP contribution in [0.5, 0.6) is 0 Å². The Bertz CT molecular complexity index is 408. The van der Waals surface area contributed by atoms with Crippen LogP contribution >= 0.6 is 0 Å². The van der Waals surface area contributed by atoms with Gasteiger partial charge in [0, 0.05) is 43.5 Å². The molecule has 0 aromatic heterocycles. The van der Waals surface area contributed by atoms with Crippen molar-refractivity contribution in [3.63, 3.8) is 0 Å². The average Bonchev–Trinajstić information content (AvgIpc) is 2.39. The van der Waals surface area contributed by atoms with Crippen molar-refractivity contribution in [1.29, 1.82) is 0 Å². The minimum absolute atomic E-state index is 0.193. The Morgan fingerprint density at radius 2 is 2.17 bits per heavy atom. The number of benzene rings is 1. The standard InChI is InChI=1S/C14H22FN3/c1-3-12-10-18(7-6-17(12)2)13-5-4-11(9-16)14(15)8-13/h4-5,8,12H,3,6-7,9-10,16H2,1-2H3. The highest BCUT2D eigenvalue weighted by molar-refractivity contribution is 5.49. The predicted molar refractivity (Wildman–Crippen MR) is 73.2 cm³/mol. The smallest absolute Gasteiger partial charge is 0.129 e. The molecule has 3 nitrogen and oxygen atoms in total. The Morgan fingerprint density at radius 1 is 1.39 bits per heavy atom. The molecule has 2 rings (SSSR count). The highest BCUT2D eigenvalue weighted by Gasteiger charge is 2.23. The van der Waals surface area contributed by atoms with Crippen LogP contribution in [0.2, 0.25) is 0 Å². The van der Waals surface area contributed by atoms with Crippen molar-refractivity contribution in [1.82, 2.24) is 4.90 Å². The zero-order chi connectivity index (χ0) is 13.1. The van der Waals surface area contributed by atoms with E-state index in [0.717, 1.165) is 31.7 Å². The van der Waals surface area contributed by atoms with Gasteiger partial charge in [-0.1, -0.05) is 13.0 Å². The molecule has 1 aliphatic rings. The lowest BCUT2D eigenvalue weighted by Crippen LogP contribution is -2.51. The highest BCUT2D eigenvalue weighted by Crippen LogP contribution is 2.22. The Labute approximate surface area is 108 Å². The van der Waals surface area contributed by atoms with E-state index in [2.05, 4.69) is 23.8 Å². The van der Waals surface area contributed by atoms with Gasteiger partial charge in [-0.25, -0.2) is 4.39 Å². The third-order valence-corrected chi connectivity index (χ3v) is 3.87. The number of likely N-dealkylation sites (N-methyl/N-ethyl adjacent to an activating group) is 1. The Morgan fingerprint density at radius 3 is 2.78 bits per heavy atom. The van der Waals surface area contributed by atoms with E-state index in [-0.39, 0.29) is 12.4 Å². The van der Waals surface area contributed by atoms with Gasteiger partial charge in [-0.05, 0) is 25.6 Å². The van der Waals surface area contributed by atoms with E-state index in [0.29, 0.717) is 11.6 Å². The monoisotopic (exact) mass is 251 g/mol. The second-order valence-electron chi connectivity index (χ2n) is 4.97. The first-order chi connectivity index (χ1) is 8.65. The van der Waals surface area contributed by atoms with Crippen LogP contribution in [0.4, 0.5) is 10.1 Å². The van der Waals surface area contributed by atoms with Crippen molar-refractivity contribution in [2.75, 3.05) is 31.6 Å². The lowest BCUT2D eigenvalue weighted by molar-refractivity contribution is 0.213. The number of halogens is 1. The van der Waals surface area contributed by atoms with Crippen molar-refractivity contribution in [3.05, 3.63) is 29.6 Å². The fourth-order valence-electron chi connectivity index (χ4n) is 2.52. The molecule has 1 atom stereocenters. The average molecular weight is 251 g/mol. The maximum atomic E-state index is 13.7. The Hall–Kier alpha value is -1.13. The van der Waals surface area contributed by atoms with Gasteiger partial charge in [0.2, 0.25) is 0 Å². The van der Waals surface area contributed by atoms with Crippen LogP contribution in [0.1, 0.15) is 18.9 Å². The molecule has 1 aliphatic heterocycles. The van der Waals surface area contributed by atoms with Gasteiger partial charge < -0.3 is 10.6 Å². The molecular formula is C14H22FN3. The molecule has 1 fully saturated rings. The summed E-state index contributed by atoms with van der Waals surface area (Å²) < 4.78 is 13.7. The predicted octanol–water partition coefficient (Wildman–Crippen LogP) is 1.81. The van der Waals surface area contributed by atoms with E-state index >= 15 is 0 Å². The molecule has 2 N–H and O–H groups in total. The summed E-state index contributed by atoms with van der Waals surface area (Å²) in [5.74, 6) is -0.193. The molecule has 0 aliphatic carbocycles. The number of rotatable bonds is 3. The Balaban J connectivity index is 2.14. The van der Waals surface area contributed by atoms with Gasteiger partial charge in [0.25, 0.3) is 0 Å². The summed E-state index contributed by atoms with van der Waals surface area (Å²) >= 11 is 0. The summed E-state index contributed by atoms with van der Waals surface area (Å²) in [4.78, 5) is 4.64. The SMILES string of the molecule is CCC1CN(c2ccc(CN)c(F)c2)CCN1C. The van der Waals surface area contributed by atoms with Crippen LogP contribution in [0, 0.1) is 5.82 Å². The minimum Gasteiger partial charge on any atom is -0.369 e. The van der Waals surface area contributed by atoms with Crippen LogP contribution in [0.15, 0.2) is 18.2 Å². The first kappa shape index (κ1) is 13.3. The maximum absolute atomic E-state index is 13.7. The maximum Gasteiger partial charge on any atom is 0.129 e. The summed E-state index contributed by atoms with van der Waals surface area (Å²) in [7, 11) is 2.16. The summed E-state index contributed by atoms with van der Waals surface area (Å²) in [6.45, 7) is 5.40. The normalized spacial score (nSPS) is 21.3. The molecule has 1 unspecified atom stereocenters. The molecular weight excluding hydrogens is 229 g/mol. The van der Waals surface area contributed by atoms with Gasteiger partial charge >= 0.3 is 0 Å². The van der Waals surface area contributed by atoms with Crippen LogP contribution in [-0.2, 0) is 6.54 Å². The van der Waals surface area contributed by atoms with Gasteiger partial charge in [0.05, 0.1) is 0 Å². The van der Waals surface area contributed by atoms with Crippen molar-refractivity contribution < 1.29 is 4.39 Å². The van der Waals surface area contributed by atoms with E-state index in [1.807, 2.05) is 6.07 Å². The summed E-state index contributed by atoms with van der Waals surface area (Å²) in [5.41, 5.74) is 7.03. The van der Waals surface area contributed by atoms with Crippen molar-refractivity contribution >= 4 is 5.69 Å². The largest absolute Gasteiger partial charge is 0.369 e. The lowest BCUT2D eigenvalue weighted by Gasteiger charge is -2.40. The van der Waals surface area contributed by atoms with Gasteiger partial charge in [-0.3, -0.25) is 4.90 Å². The highest BCUT2D eigenvalue weighted by atomic mass is 19.1. The molecule has 1 aromatic rings. The van der Waals surface area contributed by atoms with Gasteiger partial charge in [-0.15, -0.1) is 0 Å². The van der Waals surface area contributed by atoms with Gasteiger partial charge in [0.15, 0.2) is 0 Å². The Kier molecular flexibility index (Phi) is 4.19. The van der Waals surface area contributed by atoms with Crippen LogP contribution in [0.3, 0.4) is 0 Å². The van der Waals surface area contributed by atoms with E-state index in [4.69, 9.17) is 5.73 Å². The molecule has 1 heterocycles. The van der Waals surface area contributed by atoms with E-state index < -0.39 is 0 Å². The molecule has 4 heteroatoms. The molecule has 0 bridgehead atoms. The molecule has 100 valence electrons. The zero-order valence-electron chi connectivity index (χ0n) is 11.2. The molecule has 1 aromatic carbocycles. The topological polar surface area (TPSA) is 32.5 Å². The van der Waals surface area contributed by atoms with Gasteiger partial charge in [-0.2, -0.15) is 0 Å². The molecule has 0 saturated carbocycles. The second kappa shape index (κ2) is 5.67. The number of hydrogen-bond acceptors (Lipinski definition) is 3. The lowest BCUT2D eigenvalue weighted by atomic mass is 10.1. The number of anilines is 1. The first-order valence-corrected chi connectivity index (χ1v) is 6.59. The molecule has 1 saturated heterocycles. The fraction of sp³-hybridized carbons (Fsp3) is 0.571. The quantitative estimate of drug-likeness (QED) is 0.889. The van der Waals surface area contributed by atoms with Crippen LogP contribution in [-0.4, -0.2) is 37.6 Å². The third-order valence-electron chi connectivity index (χ3n) is 3.87. The number of nitrogens with zero attached hydrogens (tertiary/aromatic N) is 2. The molecule has 18 heavy (non-hydrogen) atoms. The summed E-state index contributed by atoms with van der Waals surface area (Å²) in [6.07, 6.45) is 1.12. The number of nitrogens with two attached hydrogens (primary N) is 1. The van der Waals surface area contributed by atoms with E-state index in [9.17, 15) is 4.39 Å². The van der Waals surface area contributed by atoms with Crippen molar-refractivity contribution in [2.45, 2.75) is 25.9 Å². The van der Waals surface area contributed by atoms with Crippen LogP contribution < -0.4 is 10.6 Å². The molecule has 0 amide bonds.